The molecule has 162 valence electrons. The van der Waals surface area contributed by atoms with Crippen LogP contribution in [0.1, 0.15) is 35.4 Å². The second-order valence-electron chi connectivity index (χ2n) is 8.13. The van der Waals surface area contributed by atoms with E-state index in [-0.39, 0.29) is 22.9 Å². The summed E-state index contributed by atoms with van der Waals surface area (Å²) in [5, 5.41) is 9.05. The maximum absolute atomic E-state index is 13.3. The highest BCUT2D eigenvalue weighted by Crippen LogP contribution is 2.24. The van der Waals surface area contributed by atoms with Crippen molar-refractivity contribution in [3.8, 4) is 11.3 Å². The second kappa shape index (κ2) is 8.03. The first-order valence-electron chi connectivity index (χ1n) is 10.8. The molecule has 0 saturated carbocycles. The first kappa shape index (κ1) is 20.1. The number of pyridine rings is 2. The molecule has 8 nitrogen and oxygen atoms in total. The summed E-state index contributed by atoms with van der Waals surface area (Å²) >= 11 is 0. The third-order valence-electron chi connectivity index (χ3n) is 6.04. The number of carbonyl (C=O) groups excluding carboxylic acids is 1. The van der Waals surface area contributed by atoms with Gasteiger partial charge in [0.15, 0.2) is 0 Å². The zero-order valence-corrected chi connectivity index (χ0v) is 18.1. The molecule has 5 rings (SSSR count). The van der Waals surface area contributed by atoms with Gasteiger partial charge in [-0.1, -0.05) is 35.5 Å². The molecule has 1 aromatic carbocycles. The molecular formula is C24H24N6O2. The predicted molar refractivity (Wildman–Crippen MR) is 121 cm³/mol. The lowest BCUT2D eigenvalue weighted by Gasteiger charge is -2.18. The van der Waals surface area contributed by atoms with E-state index in [2.05, 4.69) is 15.3 Å². The molecule has 0 aliphatic carbocycles. The first-order chi connectivity index (χ1) is 15.5. The molecule has 1 aliphatic rings. The molecule has 1 amide bonds. The van der Waals surface area contributed by atoms with E-state index in [1.807, 2.05) is 59.6 Å². The number of hydrogen-bond donors (Lipinski definition) is 0. The van der Waals surface area contributed by atoms with E-state index in [1.54, 1.807) is 23.2 Å². The molecule has 32 heavy (non-hydrogen) atoms. The monoisotopic (exact) mass is 428 g/mol. The Labute approximate surface area is 185 Å². The molecule has 0 bridgehead atoms. The Balaban J connectivity index is 1.40. The van der Waals surface area contributed by atoms with Crippen LogP contribution in [0, 0.1) is 6.92 Å². The summed E-state index contributed by atoms with van der Waals surface area (Å²) in [7, 11) is 0. The fraction of sp³-hybridized carbons (Fsp3) is 0.292. The Morgan fingerprint density at radius 2 is 1.94 bits per heavy atom. The molecule has 4 aromatic rings. The van der Waals surface area contributed by atoms with Crippen molar-refractivity contribution in [1.82, 2.24) is 29.4 Å². The van der Waals surface area contributed by atoms with E-state index in [1.165, 1.54) is 0 Å². The lowest BCUT2D eigenvalue weighted by molar-refractivity contribution is 0.0785. The summed E-state index contributed by atoms with van der Waals surface area (Å²) in [6, 6.07) is 13.5. The molecule has 1 atom stereocenters. The minimum absolute atomic E-state index is 0.0297. The predicted octanol–water partition coefficient (Wildman–Crippen LogP) is 3.07. The van der Waals surface area contributed by atoms with Gasteiger partial charge < -0.3 is 9.47 Å². The highest BCUT2D eigenvalue weighted by molar-refractivity contribution is 5.97. The van der Waals surface area contributed by atoms with E-state index in [0.29, 0.717) is 30.7 Å². The maximum Gasteiger partial charge on any atom is 0.259 e. The van der Waals surface area contributed by atoms with Gasteiger partial charge in [-0.2, -0.15) is 0 Å². The molecule has 0 spiro atoms. The van der Waals surface area contributed by atoms with E-state index < -0.39 is 0 Å². The Bertz CT molecular complexity index is 1360. The van der Waals surface area contributed by atoms with Crippen molar-refractivity contribution in [2.24, 2.45) is 0 Å². The molecule has 1 fully saturated rings. The lowest BCUT2D eigenvalue weighted by Crippen LogP contribution is -2.33. The van der Waals surface area contributed by atoms with Gasteiger partial charge in [-0.25, -0.2) is 9.67 Å². The van der Waals surface area contributed by atoms with E-state index in [9.17, 15) is 9.59 Å². The zero-order valence-electron chi connectivity index (χ0n) is 18.1. The van der Waals surface area contributed by atoms with Crippen LogP contribution in [0.15, 0.2) is 59.7 Å². The largest absolute Gasteiger partial charge is 0.336 e. The Kier molecular flexibility index (Phi) is 5.05. The summed E-state index contributed by atoms with van der Waals surface area (Å²) in [6.07, 6.45) is 4.33. The second-order valence-corrected chi connectivity index (χ2v) is 8.13. The van der Waals surface area contributed by atoms with Crippen molar-refractivity contribution in [2.75, 3.05) is 13.1 Å². The average molecular weight is 428 g/mol. The third-order valence-corrected chi connectivity index (χ3v) is 6.04. The van der Waals surface area contributed by atoms with Crippen LogP contribution >= 0.6 is 0 Å². The van der Waals surface area contributed by atoms with Crippen LogP contribution in [0.2, 0.25) is 0 Å². The summed E-state index contributed by atoms with van der Waals surface area (Å²) in [5.41, 5.74) is 3.18. The van der Waals surface area contributed by atoms with E-state index in [4.69, 9.17) is 0 Å². The summed E-state index contributed by atoms with van der Waals surface area (Å²) in [4.78, 5) is 32.6. The summed E-state index contributed by atoms with van der Waals surface area (Å²) in [5.74, 6) is -0.245. The Morgan fingerprint density at radius 3 is 2.72 bits per heavy atom. The van der Waals surface area contributed by atoms with Gasteiger partial charge in [0.2, 0.25) is 5.43 Å². The highest BCUT2D eigenvalue weighted by atomic mass is 16.2. The van der Waals surface area contributed by atoms with Crippen molar-refractivity contribution >= 4 is 16.9 Å². The van der Waals surface area contributed by atoms with Crippen molar-refractivity contribution in [2.45, 2.75) is 32.9 Å². The zero-order chi connectivity index (χ0) is 22.2. The van der Waals surface area contributed by atoms with Crippen molar-refractivity contribution in [1.29, 1.82) is 0 Å². The molecule has 0 N–H and O–H groups in total. The van der Waals surface area contributed by atoms with Crippen LogP contribution in [-0.4, -0.2) is 48.4 Å². The van der Waals surface area contributed by atoms with Crippen LogP contribution in [0.25, 0.3) is 22.3 Å². The molecule has 1 aliphatic heterocycles. The number of fused-ring (bicyclic) bond motifs is 1. The van der Waals surface area contributed by atoms with Gasteiger partial charge in [-0.3, -0.25) is 9.59 Å². The standard InChI is InChI=1S/C24H24N6O2/c1-3-28-14-20(22(31)19-10-9-16(2)25-23(19)28)24(32)29-12-11-18(13-29)30-15-21(26-27-30)17-7-5-4-6-8-17/h4-10,14-15,18H,3,11-13H2,1-2H3/t18-/m0/s1. The van der Waals surface area contributed by atoms with E-state index in [0.717, 1.165) is 23.4 Å². The van der Waals surface area contributed by atoms with Crippen molar-refractivity contribution in [3.63, 3.8) is 0 Å². The minimum atomic E-state index is -0.266. The first-order valence-corrected chi connectivity index (χ1v) is 10.8. The van der Waals surface area contributed by atoms with Gasteiger partial charge >= 0.3 is 0 Å². The number of likely N-dealkylation sites (tertiary alicyclic amines) is 1. The number of nitrogens with zero attached hydrogens (tertiary/aromatic N) is 6. The molecule has 3 aromatic heterocycles. The Hall–Kier alpha value is -3.81. The van der Waals surface area contributed by atoms with Gasteiger partial charge in [0.05, 0.1) is 17.6 Å². The summed E-state index contributed by atoms with van der Waals surface area (Å²) < 4.78 is 3.70. The maximum atomic E-state index is 13.3. The SMILES string of the molecule is CCn1cc(C(=O)N2CC[C@H](n3cc(-c4ccccc4)nn3)C2)c(=O)c2ccc(C)nc21. The molecule has 1 saturated heterocycles. The third kappa shape index (κ3) is 3.47. The normalized spacial score (nSPS) is 16.1. The van der Waals surface area contributed by atoms with Crippen molar-refractivity contribution in [3.05, 3.63) is 76.3 Å². The molecule has 0 unspecified atom stereocenters. The number of hydrogen-bond acceptors (Lipinski definition) is 5. The van der Waals surface area contributed by atoms with Gasteiger partial charge in [0.1, 0.15) is 16.9 Å². The fourth-order valence-corrected chi connectivity index (χ4v) is 4.26. The quantitative estimate of drug-likeness (QED) is 0.499. The average Bonchev–Trinajstić information content (AvgIpc) is 3.49. The van der Waals surface area contributed by atoms with Crippen LogP contribution in [-0.2, 0) is 6.54 Å². The minimum Gasteiger partial charge on any atom is -0.336 e. The van der Waals surface area contributed by atoms with E-state index >= 15 is 0 Å². The van der Waals surface area contributed by atoms with Crippen LogP contribution < -0.4 is 5.43 Å². The topological polar surface area (TPSA) is 85.9 Å². The van der Waals surface area contributed by atoms with Crippen LogP contribution in [0.5, 0.6) is 0 Å². The smallest absolute Gasteiger partial charge is 0.259 e. The van der Waals surface area contributed by atoms with Crippen LogP contribution in [0.3, 0.4) is 0 Å². The Morgan fingerprint density at radius 1 is 1.12 bits per heavy atom. The fourth-order valence-electron chi connectivity index (χ4n) is 4.26. The number of aryl methyl sites for hydroxylation is 2. The number of aromatic nitrogens is 5. The van der Waals surface area contributed by atoms with Gasteiger partial charge in [-0.15, -0.1) is 5.10 Å². The lowest BCUT2D eigenvalue weighted by atomic mass is 10.1. The van der Waals surface area contributed by atoms with Gasteiger partial charge in [0.25, 0.3) is 5.91 Å². The number of amides is 1. The highest BCUT2D eigenvalue weighted by Gasteiger charge is 2.30. The summed E-state index contributed by atoms with van der Waals surface area (Å²) in [6.45, 7) is 5.55. The number of rotatable bonds is 4. The van der Waals surface area contributed by atoms with Gasteiger partial charge in [-0.05, 0) is 32.4 Å². The van der Waals surface area contributed by atoms with Crippen LogP contribution in [0.4, 0.5) is 0 Å². The molecular weight excluding hydrogens is 404 g/mol. The van der Waals surface area contributed by atoms with Gasteiger partial charge in [0, 0.05) is 37.1 Å². The number of carbonyl (C=O) groups is 1. The molecule has 4 heterocycles. The molecule has 8 heteroatoms. The molecule has 0 radical (unpaired) electrons. The van der Waals surface area contributed by atoms with Crippen molar-refractivity contribution < 1.29 is 4.79 Å². The number of benzene rings is 1.